The summed E-state index contributed by atoms with van der Waals surface area (Å²) in [7, 11) is 0. The topological polar surface area (TPSA) is 101 Å². The van der Waals surface area contributed by atoms with Crippen LogP contribution in [0.25, 0.3) is 10.2 Å². The second kappa shape index (κ2) is 9.80. The van der Waals surface area contributed by atoms with Gasteiger partial charge in [-0.1, -0.05) is 6.92 Å². The van der Waals surface area contributed by atoms with Crippen molar-refractivity contribution in [2.24, 2.45) is 11.7 Å². The summed E-state index contributed by atoms with van der Waals surface area (Å²) in [6.45, 7) is 6.05. The monoisotopic (exact) mass is 482 g/mol. The van der Waals surface area contributed by atoms with Gasteiger partial charge in [0.1, 0.15) is 16.5 Å². The first-order valence-corrected chi connectivity index (χ1v) is 13.4. The highest BCUT2D eigenvalue weighted by atomic mass is 32.1. The molecule has 2 atom stereocenters. The van der Waals surface area contributed by atoms with Crippen LogP contribution in [0, 0.1) is 17.2 Å². The molecule has 7 nitrogen and oxygen atoms in total. The van der Waals surface area contributed by atoms with Gasteiger partial charge in [-0.25, -0.2) is 4.98 Å². The fourth-order valence-corrected chi connectivity index (χ4v) is 7.60. The molecule has 2 aromatic rings. The van der Waals surface area contributed by atoms with E-state index >= 15 is 0 Å². The van der Waals surface area contributed by atoms with Gasteiger partial charge in [0.15, 0.2) is 0 Å². The summed E-state index contributed by atoms with van der Waals surface area (Å²) in [4.78, 5) is 21.3. The van der Waals surface area contributed by atoms with E-state index in [1.807, 2.05) is 12.3 Å². The number of amides is 1. The summed E-state index contributed by atoms with van der Waals surface area (Å²) in [5.74, 6) is -0.241. The van der Waals surface area contributed by atoms with E-state index in [4.69, 9.17) is 15.2 Å². The third kappa shape index (κ3) is 4.30. The molecule has 0 radical (unpaired) electrons. The van der Waals surface area contributed by atoms with Crippen LogP contribution in [0.4, 0.5) is 0 Å². The highest BCUT2D eigenvalue weighted by molar-refractivity contribution is 7.19. The number of ether oxygens (including phenoxy) is 2. The Balaban J connectivity index is 1.34. The zero-order valence-corrected chi connectivity index (χ0v) is 20.7. The fourth-order valence-electron chi connectivity index (χ4n) is 6.34. The molecular weight excluding hydrogens is 448 g/mol. The molecule has 8 heteroatoms. The molecule has 5 rings (SSSR count). The summed E-state index contributed by atoms with van der Waals surface area (Å²) in [5, 5.41) is 10.5. The Morgan fingerprint density at radius 1 is 1.38 bits per heavy atom. The van der Waals surface area contributed by atoms with Crippen LogP contribution in [0.5, 0.6) is 5.75 Å². The number of rotatable bonds is 7. The Bertz CT molecular complexity index is 1080. The van der Waals surface area contributed by atoms with Gasteiger partial charge >= 0.3 is 0 Å². The number of aryl methyl sites for hydroxylation is 1. The number of thiophene rings is 1. The van der Waals surface area contributed by atoms with E-state index in [-0.39, 0.29) is 17.6 Å². The molecule has 0 bridgehead atoms. The minimum Gasteiger partial charge on any atom is -0.490 e. The van der Waals surface area contributed by atoms with Crippen LogP contribution < -0.4 is 10.5 Å². The molecule has 2 fully saturated rings. The van der Waals surface area contributed by atoms with Gasteiger partial charge < -0.3 is 15.2 Å². The van der Waals surface area contributed by atoms with Gasteiger partial charge in [-0.05, 0) is 68.9 Å². The number of morpholine rings is 1. The maximum absolute atomic E-state index is 11.7. The summed E-state index contributed by atoms with van der Waals surface area (Å²) in [6, 6.07) is 4.08. The number of pyridine rings is 1. The van der Waals surface area contributed by atoms with Crippen LogP contribution >= 0.6 is 11.3 Å². The van der Waals surface area contributed by atoms with Gasteiger partial charge in [0.25, 0.3) is 0 Å². The van der Waals surface area contributed by atoms with E-state index < -0.39 is 11.8 Å². The first-order valence-electron chi connectivity index (χ1n) is 12.6. The molecule has 1 saturated heterocycles. The predicted molar refractivity (Wildman–Crippen MR) is 132 cm³/mol. The summed E-state index contributed by atoms with van der Waals surface area (Å²) in [6.07, 6.45) is 9.96. The predicted octanol–water partition coefficient (Wildman–Crippen LogP) is 4.14. The Morgan fingerprint density at radius 3 is 2.82 bits per heavy atom. The van der Waals surface area contributed by atoms with E-state index in [0.717, 1.165) is 80.8 Å². The molecule has 0 spiro atoms. The number of nitrogens with two attached hydrogens (primary N) is 1. The van der Waals surface area contributed by atoms with Crippen LogP contribution in [0.3, 0.4) is 0 Å². The molecular formula is C26H34N4O3S. The van der Waals surface area contributed by atoms with Gasteiger partial charge in [-0.3, -0.25) is 9.69 Å². The van der Waals surface area contributed by atoms with Crippen molar-refractivity contribution < 1.29 is 14.3 Å². The van der Waals surface area contributed by atoms with E-state index in [1.165, 1.54) is 16.9 Å². The molecule has 0 unspecified atom stereocenters. The number of hydrogen-bond donors (Lipinski definition) is 1. The standard InChI is InChI=1S/C26H34N4O3S/c1-2-26(30-11-13-32-14-12-30)8-5-19(6-9-26)33-20-7-10-29-25-23(20)22-17(3-4-21(22)34-25)15-18(16-27)24(28)31/h7,10,17-19H,2-6,8-9,11-15H2,1H3,(H2,28,31)/t17-,18-,19?,26?/m1/s1. The molecule has 2 aliphatic carbocycles. The zero-order valence-electron chi connectivity index (χ0n) is 19.9. The lowest BCUT2D eigenvalue weighted by atomic mass is 9.77. The van der Waals surface area contributed by atoms with Gasteiger partial charge in [-0.2, -0.15) is 5.26 Å². The Labute approximate surface area is 205 Å². The van der Waals surface area contributed by atoms with Gasteiger partial charge in [0.05, 0.1) is 30.8 Å². The van der Waals surface area contributed by atoms with Crippen molar-refractivity contribution >= 4 is 27.5 Å². The van der Waals surface area contributed by atoms with Crippen LogP contribution in [0.2, 0.25) is 0 Å². The van der Waals surface area contributed by atoms with Crippen molar-refractivity contribution in [3.05, 3.63) is 22.7 Å². The maximum atomic E-state index is 11.7. The van der Waals surface area contributed by atoms with Crippen LogP contribution in [0.15, 0.2) is 12.3 Å². The molecule has 3 aliphatic rings. The van der Waals surface area contributed by atoms with Gasteiger partial charge in [0.2, 0.25) is 5.91 Å². The van der Waals surface area contributed by atoms with Gasteiger partial charge in [0, 0.05) is 29.7 Å². The quantitative estimate of drug-likeness (QED) is 0.636. The molecule has 182 valence electrons. The van der Waals surface area contributed by atoms with Crippen LogP contribution in [-0.2, 0) is 16.0 Å². The number of carbonyl (C=O) groups is 1. The first-order chi connectivity index (χ1) is 16.5. The Morgan fingerprint density at radius 2 is 2.15 bits per heavy atom. The SMILES string of the molecule is CCC1(N2CCOCC2)CCC(Oc2ccnc3sc4c(c23)[C@@H](C[C@H](C#N)C(N)=O)CC4)CC1. The molecule has 0 aromatic carbocycles. The third-order valence-corrected chi connectivity index (χ3v) is 9.49. The summed E-state index contributed by atoms with van der Waals surface area (Å²) < 4.78 is 12.3. The van der Waals surface area contributed by atoms with Crippen molar-refractivity contribution in [3.8, 4) is 11.8 Å². The number of nitrogens with zero attached hydrogens (tertiary/aromatic N) is 3. The molecule has 3 heterocycles. The maximum Gasteiger partial charge on any atom is 0.234 e. The molecule has 1 amide bonds. The number of carbonyl (C=O) groups excluding carboxylic acids is 1. The summed E-state index contributed by atoms with van der Waals surface area (Å²) >= 11 is 1.72. The average molecular weight is 483 g/mol. The Kier molecular flexibility index (Phi) is 6.79. The second-order valence-electron chi connectivity index (χ2n) is 9.98. The lowest BCUT2D eigenvalue weighted by Crippen LogP contribution is -2.55. The zero-order chi connectivity index (χ0) is 23.7. The summed E-state index contributed by atoms with van der Waals surface area (Å²) in [5.41, 5.74) is 6.97. The number of primary amides is 1. The van der Waals surface area contributed by atoms with E-state index in [1.54, 1.807) is 11.3 Å². The number of hydrogen-bond acceptors (Lipinski definition) is 7. The molecule has 2 aromatic heterocycles. The van der Waals surface area contributed by atoms with Crippen molar-refractivity contribution in [1.29, 1.82) is 5.26 Å². The van der Waals surface area contributed by atoms with Crippen molar-refractivity contribution in [2.75, 3.05) is 26.3 Å². The van der Waals surface area contributed by atoms with Crippen LogP contribution in [0.1, 0.15) is 68.2 Å². The highest BCUT2D eigenvalue weighted by Crippen LogP contribution is 2.49. The smallest absolute Gasteiger partial charge is 0.234 e. The highest BCUT2D eigenvalue weighted by Gasteiger charge is 2.40. The molecule has 1 saturated carbocycles. The Hall–Kier alpha value is -2.21. The molecule has 34 heavy (non-hydrogen) atoms. The number of fused-ring (bicyclic) bond motifs is 3. The number of aromatic nitrogens is 1. The van der Waals surface area contributed by atoms with Crippen molar-refractivity contribution in [3.63, 3.8) is 0 Å². The molecule has 1 aliphatic heterocycles. The minimum absolute atomic E-state index is 0.146. The minimum atomic E-state index is -0.757. The van der Waals surface area contributed by atoms with E-state index in [0.29, 0.717) is 6.42 Å². The lowest BCUT2D eigenvalue weighted by molar-refractivity contribution is -0.120. The first kappa shape index (κ1) is 23.5. The largest absolute Gasteiger partial charge is 0.490 e. The van der Waals surface area contributed by atoms with Crippen molar-refractivity contribution in [2.45, 2.75) is 75.9 Å². The van der Waals surface area contributed by atoms with E-state index in [9.17, 15) is 10.1 Å². The van der Waals surface area contributed by atoms with E-state index in [2.05, 4.69) is 22.9 Å². The van der Waals surface area contributed by atoms with Gasteiger partial charge in [-0.15, -0.1) is 11.3 Å². The number of nitriles is 1. The lowest BCUT2D eigenvalue weighted by Gasteiger charge is -2.49. The fraction of sp³-hybridized carbons (Fsp3) is 0.654. The second-order valence-corrected chi connectivity index (χ2v) is 11.1. The average Bonchev–Trinajstić information content (AvgIpc) is 3.43. The third-order valence-electron chi connectivity index (χ3n) is 8.31. The van der Waals surface area contributed by atoms with Crippen LogP contribution in [-0.4, -0.2) is 53.7 Å². The van der Waals surface area contributed by atoms with Crippen molar-refractivity contribution in [1.82, 2.24) is 9.88 Å². The molecule has 2 N–H and O–H groups in total. The normalized spacial score (nSPS) is 28.4.